The van der Waals surface area contributed by atoms with Gasteiger partial charge in [0.1, 0.15) is 0 Å². The summed E-state index contributed by atoms with van der Waals surface area (Å²) >= 11 is 0. The van der Waals surface area contributed by atoms with E-state index in [4.69, 9.17) is 0 Å². The van der Waals surface area contributed by atoms with E-state index in [1.165, 1.54) is 49.9 Å². The molecule has 0 heterocycles. The molecule has 1 aliphatic rings. The maximum absolute atomic E-state index is 3.71. The molecule has 2 atom stereocenters. The van der Waals surface area contributed by atoms with E-state index in [1.807, 2.05) is 0 Å². The van der Waals surface area contributed by atoms with Gasteiger partial charge in [0, 0.05) is 25.3 Å². The van der Waals surface area contributed by atoms with Crippen molar-refractivity contribution in [3.05, 3.63) is 29.8 Å². The fraction of sp³-hybridized carbons (Fsp3) is 0.667. The van der Waals surface area contributed by atoms with Gasteiger partial charge in [-0.25, -0.2) is 0 Å². The average Bonchev–Trinajstić information content (AvgIpc) is 2.66. The van der Waals surface area contributed by atoms with Gasteiger partial charge >= 0.3 is 0 Å². The van der Waals surface area contributed by atoms with E-state index >= 15 is 0 Å². The second-order valence-corrected chi connectivity index (χ2v) is 6.28. The minimum absolute atomic E-state index is 0.704. The molecule has 0 amide bonds. The van der Waals surface area contributed by atoms with Crippen LogP contribution < -0.4 is 10.2 Å². The van der Waals surface area contributed by atoms with E-state index in [0.717, 1.165) is 12.5 Å². The van der Waals surface area contributed by atoms with Gasteiger partial charge in [-0.05, 0) is 44.4 Å². The lowest BCUT2D eigenvalue weighted by molar-refractivity contribution is 0.343. The SMILES string of the molecule is CCNC1CCCCCC1CN(C)c1ccc(C)cc1. The molecule has 2 nitrogen and oxygen atoms in total. The summed E-state index contributed by atoms with van der Waals surface area (Å²) in [5.41, 5.74) is 2.68. The highest BCUT2D eigenvalue weighted by Gasteiger charge is 2.24. The molecule has 1 N–H and O–H groups in total. The van der Waals surface area contributed by atoms with Gasteiger partial charge in [-0.15, -0.1) is 0 Å². The summed E-state index contributed by atoms with van der Waals surface area (Å²) in [6, 6.07) is 9.61. The number of aryl methyl sites for hydroxylation is 1. The van der Waals surface area contributed by atoms with Crippen LogP contribution in [0.25, 0.3) is 0 Å². The number of rotatable bonds is 5. The van der Waals surface area contributed by atoms with Gasteiger partial charge in [0.15, 0.2) is 0 Å². The van der Waals surface area contributed by atoms with Gasteiger partial charge in [-0.1, -0.05) is 43.9 Å². The topological polar surface area (TPSA) is 15.3 Å². The van der Waals surface area contributed by atoms with Crippen LogP contribution in [0.3, 0.4) is 0 Å². The third kappa shape index (κ3) is 4.24. The van der Waals surface area contributed by atoms with Crippen molar-refractivity contribution in [3.8, 4) is 0 Å². The molecule has 20 heavy (non-hydrogen) atoms. The van der Waals surface area contributed by atoms with E-state index in [-0.39, 0.29) is 0 Å². The maximum atomic E-state index is 3.71. The lowest BCUT2D eigenvalue weighted by atomic mass is 9.94. The molecule has 0 saturated heterocycles. The summed E-state index contributed by atoms with van der Waals surface area (Å²) in [7, 11) is 2.23. The van der Waals surface area contributed by atoms with Gasteiger partial charge in [-0.3, -0.25) is 0 Å². The summed E-state index contributed by atoms with van der Waals surface area (Å²) in [5.74, 6) is 0.781. The molecular formula is C18H30N2. The summed E-state index contributed by atoms with van der Waals surface area (Å²) in [5, 5.41) is 3.71. The molecule has 2 rings (SSSR count). The van der Waals surface area contributed by atoms with E-state index in [1.54, 1.807) is 0 Å². The van der Waals surface area contributed by atoms with Crippen molar-refractivity contribution in [1.29, 1.82) is 0 Å². The highest BCUT2D eigenvalue weighted by atomic mass is 15.1. The minimum atomic E-state index is 0.704. The standard InChI is InChI=1S/C18H30N2/c1-4-19-18-9-7-5-6-8-16(18)14-20(3)17-12-10-15(2)11-13-17/h10-13,16,18-19H,4-9,14H2,1-3H3. The Labute approximate surface area is 124 Å². The first-order valence-electron chi connectivity index (χ1n) is 8.22. The van der Waals surface area contributed by atoms with Crippen molar-refractivity contribution >= 4 is 5.69 Å². The molecule has 0 spiro atoms. The van der Waals surface area contributed by atoms with Crippen LogP contribution in [-0.4, -0.2) is 26.2 Å². The van der Waals surface area contributed by atoms with Crippen LogP contribution in [0.15, 0.2) is 24.3 Å². The van der Waals surface area contributed by atoms with Crippen LogP contribution in [0.4, 0.5) is 5.69 Å². The summed E-state index contributed by atoms with van der Waals surface area (Å²) in [6.07, 6.45) is 6.91. The first kappa shape index (κ1) is 15.4. The third-order valence-electron chi connectivity index (χ3n) is 4.61. The Kier molecular flexibility index (Phi) is 5.90. The lowest BCUT2D eigenvalue weighted by Crippen LogP contribution is -2.41. The van der Waals surface area contributed by atoms with Crippen LogP contribution in [0.5, 0.6) is 0 Å². The smallest absolute Gasteiger partial charge is 0.0363 e. The summed E-state index contributed by atoms with van der Waals surface area (Å²) in [4.78, 5) is 2.43. The molecule has 0 aliphatic heterocycles. The molecule has 0 aromatic heterocycles. The number of hydrogen-bond donors (Lipinski definition) is 1. The van der Waals surface area contributed by atoms with E-state index in [0.29, 0.717) is 6.04 Å². The van der Waals surface area contributed by atoms with Gasteiger partial charge < -0.3 is 10.2 Å². The minimum Gasteiger partial charge on any atom is -0.374 e. The normalized spacial score (nSPS) is 23.4. The Balaban J connectivity index is 1.99. The Morgan fingerprint density at radius 1 is 1.10 bits per heavy atom. The van der Waals surface area contributed by atoms with Crippen molar-refractivity contribution in [1.82, 2.24) is 5.32 Å². The quantitative estimate of drug-likeness (QED) is 0.817. The zero-order valence-corrected chi connectivity index (χ0v) is 13.4. The maximum Gasteiger partial charge on any atom is 0.0363 e. The molecular weight excluding hydrogens is 244 g/mol. The number of nitrogens with one attached hydrogen (secondary N) is 1. The largest absolute Gasteiger partial charge is 0.374 e. The molecule has 112 valence electrons. The van der Waals surface area contributed by atoms with Gasteiger partial charge in [0.05, 0.1) is 0 Å². The van der Waals surface area contributed by atoms with Crippen LogP contribution in [0.2, 0.25) is 0 Å². The van der Waals surface area contributed by atoms with Crippen molar-refractivity contribution in [2.24, 2.45) is 5.92 Å². The number of anilines is 1. The summed E-state index contributed by atoms with van der Waals surface area (Å²) < 4.78 is 0. The molecule has 1 saturated carbocycles. The average molecular weight is 274 g/mol. The predicted molar refractivity (Wildman–Crippen MR) is 88.5 cm³/mol. The zero-order valence-electron chi connectivity index (χ0n) is 13.4. The fourth-order valence-corrected chi connectivity index (χ4v) is 3.39. The van der Waals surface area contributed by atoms with E-state index < -0.39 is 0 Å². The van der Waals surface area contributed by atoms with Crippen LogP contribution >= 0.6 is 0 Å². The van der Waals surface area contributed by atoms with Crippen LogP contribution in [0, 0.1) is 12.8 Å². The molecule has 1 aliphatic carbocycles. The molecule has 0 bridgehead atoms. The van der Waals surface area contributed by atoms with Gasteiger partial charge in [-0.2, -0.15) is 0 Å². The molecule has 1 aromatic carbocycles. The highest BCUT2D eigenvalue weighted by Crippen LogP contribution is 2.26. The van der Waals surface area contributed by atoms with Crippen molar-refractivity contribution in [3.63, 3.8) is 0 Å². The molecule has 1 fully saturated rings. The monoisotopic (exact) mass is 274 g/mol. The fourth-order valence-electron chi connectivity index (χ4n) is 3.39. The predicted octanol–water partition coefficient (Wildman–Crippen LogP) is 3.99. The number of nitrogens with zero attached hydrogens (tertiary/aromatic N) is 1. The van der Waals surface area contributed by atoms with Crippen molar-refractivity contribution in [2.75, 3.05) is 25.0 Å². The van der Waals surface area contributed by atoms with Gasteiger partial charge in [0.2, 0.25) is 0 Å². The second-order valence-electron chi connectivity index (χ2n) is 6.28. The van der Waals surface area contributed by atoms with Gasteiger partial charge in [0.25, 0.3) is 0 Å². The van der Waals surface area contributed by atoms with E-state index in [9.17, 15) is 0 Å². The first-order chi connectivity index (χ1) is 9.70. The van der Waals surface area contributed by atoms with Crippen molar-refractivity contribution < 1.29 is 0 Å². The second kappa shape index (κ2) is 7.68. The Morgan fingerprint density at radius 2 is 1.80 bits per heavy atom. The number of hydrogen-bond acceptors (Lipinski definition) is 2. The molecule has 2 unspecified atom stereocenters. The Morgan fingerprint density at radius 3 is 2.50 bits per heavy atom. The summed E-state index contributed by atoms with van der Waals surface area (Å²) in [6.45, 7) is 6.64. The Hall–Kier alpha value is -1.02. The molecule has 1 aromatic rings. The molecule has 2 heteroatoms. The number of benzene rings is 1. The van der Waals surface area contributed by atoms with E-state index in [2.05, 4.69) is 55.4 Å². The van der Waals surface area contributed by atoms with Crippen LogP contribution in [0.1, 0.15) is 44.6 Å². The lowest BCUT2D eigenvalue weighted by Gasteiger charge is -2.31. The first-order valence-corrected chi connectivity index (χ1v) is 8.22. The van der Waals surface area contributed by atoms with Crippen molar-refractivity contribution in [2.45, 2.75) is 52.0 Å². The van der Waals surface area contributed by atoms with Crippen LogP contribution in [-0.2, 0) is 0 Å². The third-order valence-corrected chi connectivity index (χ3v) is 4.61. The zero-order chi connectivity index (χ0) is 14.4. The highest BCUT2D eigenvalue weighted by molar-refractivity contribution is 5.46. The molecule has 0 radical (unpaired) electrons. The Bertz CT molecular complexity index is 385.